The van der Waals surface area contributed by atoms with Gasteiger partial charge in [-0.25, -0.2) is 4.39 Å². The number of nitrogens with zero attached hydrogens (tertiary/aromatic N) is 3. The Morgan fingerprint density at radius 1 is 1.11 bits per heavy atom. The van der Waals surface area contributed by atoms with Gasteiger partial charge in [-0.15, -0.1) is 0 Å². The lowest BCUT2D eigenvalue weighted by Crippen LogP contribution is -2.36. The van der Waals surface area contributed by atoms with Crippen LogP contribution >= 0.6 is 0 Å². The molecule has 35 heavy (non-hydrogen) atoms. The highest BCUT2D eigenvalue weighted by atomic mass is 19.4. The third-order valence-corrected chi connectivity index (χ3v) is 5.07. The van der Waals surface area contributed by atoms with Gasteiger partial charge in [-0.3, -0.25) is 9.59 Å². The fourth-order valence-corrected chi connectivity index (χ4v) is 3.24. The van der Waals surface area contributed by atoms with Crippen molar-refractivity contribution in [1.29, 1.82) is 0 Å². The second-order valence-corrected chi connectivity index (χ2v) is 7.73. The van der Waals surface area contributed by atoms with E-state index in [0.717, 1.165) is 12.1 Å². The molecule has 0 saturated carbocycles. The number of benzene rings is 2. The average molecular weight is 493 g/mol. The van der Waals surface area contributed by atoms with Crippen LogP contribution in [0, 0.1) is 12.7 Å². The lowest BCUT2D eigenvalue weighted by Gasteiger charge is -2.22. The van der Waals surface area contributed by atoms with Gasteiger partial charge in [0.25, 0.3) is 0 Å². The number of hydrogen-bond acceptors (Lipinski definition) is 6. The summed E-state index contributed by atoms with van der Waals surface area (Å²) >= 11 is 0. The largest absolute Gasteiger partial charge is 0.465 e. The molecule has 0 aliphatic rings. The van der Waals surface area contributed by atoms with Crippen molar-refractivity contribution in [2.45, 2.75) is 39.4 Å². The number of carbonyl (C=O) groups is 2. The van der Waals surface area contributed by atoms with E-state index in [0.29, 0.717) is 16.7 Å². The fraction of sp³-hybridized carbons (Fsp3) is 0.333. The van der Waals surface area contributed by atoms with Crippen molar-refractivity contribution in [1.82, 2.24) is 15.0 Å². The number of hydrogen-bond donors (Lipinski definition) is 0. The van der Waals surface area contributed by atoms with Crippen molar-refractivity contribution in [3.8, 4) is 11.4 Å². The first-order chi connectivity index (χ1) is 16.6. The average Bonchev–Trinajstić information content (AvgIpc) is 3.28. The zero-order valence-corrected chi connectivity index (χ0v) is 19.1. The van der Waals surface area contributed by atoms with Crippen molar-refractivity contribution in [2.24, 2.45) is 0 Å². The first kappa shape index (κ1) is 25.9. The summed E-state index contributed by atoms with van der Waals surface area (Å²) in [5, 5.41) is 3.85. The molecule has 11 heteroatoms. The highest BCUT2D eigenvalue weighted by Gasteiger charge is 2.30. The highest BCUT2D eigenvalue weighted by molar-refractivity contribution is 5.82. The van der Waals surface area contributed by atoms with Crippen molar-refractivity contribution < 1.29 is 36.4 Å². The zero-order valence-electron chi connectivity index (χ0n) is 19.1. The van der Waals surface area contributed by atoms with Gasteiger partial charge in [0.1, 0.15) is 12.4 Å². The Balaban J connectivity index is 1.68. The summed E-state index contributed by atoms with van der Waals surface area (Å²) in [5.74, 6) is -1.04. The van der Waals surface area contributed by atoms with E-state index in [1.807, 2.05) is 0 Å². The normalized spacial score (nSPS) is 11.4. The molecule has 0 atom stereocenters. The zero-order chi connectivity index (χ0) is 25.6. The molecule has 1 heterocycles. The Hall–Kier alpha value is -3.76. The number of aromatic nitrogens is 2. The van der Waals surface area contributed by atoms with Crippen molar-refractivity contribution >= 4 is 11.9 Å². The van der Waals surface area contributed by atoms with Crippen LogP contribution in [0.15, 0.2) is 47.0 Å². The highest BCUT2D eigenvalue weighted by Crippen LogP contribution is 2.29. The van der Waals surface area contributed by atoms with Crippen LogP contribution in [-0.2, 0) is 33.5 Å². The molecule has 0 saturated heterocycles. The van der Waals surface area contributed by atoms with Gasteiger partial charge in [-0.2, -0.15) is 18.2 Å². The van der Waals surface area contributed by atoms with Crippen LogP contribution in [0.25, 0.3) is 11.4 Å². The summed E-state index contributed by atoms with van der Waals surface area (Å²) in [6.45, 7) is 2.90. The van der Waals surface area contributed by atoms with Gasteiger partial charge in [0.15, 0.2) is 0 Å². The number of esters is 1. The predicted molar refractivity (Wildman–Crippen MR) is 116 cm³/mol. The maximum absolute atomic E-state index is 13.5. The molecule has 0 spiro atoms. The molecule has 0 aliphatic heterocycles. The molecule has 1 amide bonds. The Morgan fingerprint density at radius 2 is 1.83 bits per heavy atom. The Bertz CT molecular complexity index is 1180. The molecular weight excluding hydrogens is 470 g/mol. The lowest BCUT2D eigenvalue weighted by atomic mass is 10.1. The first-order valence-corrected chi connectivity index (χ1v) is 10.8. The van der Waals surface area contributed by atoms with E-state index < -0.39 is 23.6 Å². The quantitative estimate of drug-likeness (QED) is 0.317. The van der Waals surface area contributed by atoms with Gasteiger partial charge >= 0.3 is 12.1 Å². The molecule has 0 aliphatic carbocycles. The molecule has 186 valence electrons. The van der Waals surface area contributed by atoms with Gasteiger partial charge in [0.2, 0.25) is 17.6 Å². The molecular formula is C24H23F4N3O4. The maximum Gasteiger partial charge on any atom is 0.416 e. The van der Waals surface area contributed by atoms with Gasteiger partial charge in [0, 0.05) is 24.9 Å². The summed E-state index contributed by atoms with van der Waals surface area (Å²) in [6.07, 6.45) is -4.50. The van der Waals surface area contributed by atoms with E-state index in [1.54, 1.807) is 19.9 Å². The molecule has 3 aromatic rings. The molecule has 0 unspecified atom stereocenters. The van der Waals surface area contributed by atoms with Crippen molar-refractivity contribution in [3.05, 3.63) is 70.9 Å². The number of ether oxygens (including phenoxy) is 1. The van der Waals surface area contributed by atoms with E-state index >= 15 is 0 Å². The third-order valence-electron chi connectivity index (χ3n) is 5.07. The molecule has 2 aromatic carbocycles. The van der Waals surface area contributed by atoms with Crippen LogP contribution in [0.5, 0.6) is 0 Å². The Kier molecular flexibility index (Phi) is 8.21. The van der Waals surface area contributed by atoms with E-state index in [1.165, 1.54) is 29.2 Å². The molecule has 1 aromatic heterocycles. The van der Waals surface area contributed by atoms with Crippen molar-refractivity contribution in [3.63, 3.8) is 0 Å². The minimum Gasteiger partial charge on any atom is -0.465 e. The number of amides is 1. The summed E-state index contributed by atoms with van der Waals surface area (Å²) in [7, 11) is 0. The second kappa shape index (κ2) is 11.1. The van der Waals surface area contributed by atoms with Gasteiger partial charge in [0.05, 0.1) is 12.2 Å². The Morgan fingerprint density at radius 3 is 2.46 bits per heavy atom. The van der Waals surface area contributed by atoms with Crippen LogP contribution in [-0.4, -0.2) is 40.1 Å². The Labute approximate surface area is 198 Å². The summed E-state index contributed by atoms with van der Waals surface area (Å²) in [6, 6.07) is 8.71. The number of alkyl halides is 3. The number of rotatable bonds is 9. The fourth-order valence-electron chi connectivity index (χ4n) is 3.24. The smallest absolute Gasteiger partial charge is 0.416 e. The van der Waals surface area contributed by atoms with Crippen LogP contribution in [0.1, 0.15) is 35.9 Å². The molecule has 3 rings (SSSR count). The standard InChI is InChI=1S/C24H23F4N3O4/c1-3-34-22(33)14-31(13-16-4-7-18(8-5-16)24(26,27)28)21(32)11-10-20-29-23(30-35-20)17-6-9-19(25)15(2)12-17/h4-9,12H,3,10-11,13-14H2,1-2H3. The minimum atomic E-state index is -4.48. The van der Waals surface area contributed by atoms with Crippen LogP contribution in [0.2, 0.25) is 0 Å². The summed E-state index contributed by atoms with van der Waals surface area (Å²) in [5.41, 5.74) is 0.578. The molecule has 7 nitrogen and oxygen atoms in total. The number of carbonyl (C=O) groups excluding carboxylic acids is 2. The number of halogens is 4. The number of aryl methyl sites for hydroxylation is 2. The molecule has 0 radical (unpaired) electrons. The minimum absolute atomic E-state index is 0.0678. The topological polar surface area (TPSA) is 85.5 Å². The van der Waals surface area contributed by atoms with Crippen LogP contribution in [0.3, 0.4) is 0 Å². The summed E-state index contributed by atoms with van der Waals surface area (Å²) < 4.78 is 62.0. The summed E-state index contributed by atoms with van der Waals surface area (Å²) in [4.78, 5) is 30.3. The van der Waals surface area contributed by atoms with Gasteiger partial charge in [-0.1, -0.05) is 17.3 Å². The van der Waals surface area contributed by atoms with Crippen LogP contribution < -0.4 is 0 Å². The van der Waals surface area contributed by atoms with Gasteiger partial charge in [-0.05, 0) is 55.3 Å². The molecule has 0 bridgehead atoms. The SMILES string of the molecule is CCOC(=O)CN(Cc1ccc(C(F)(F)F)cc1)C(=O)CCc1nc(-c2ccc(F)c(C)c2)no1. The van der Waals surface area contributed by atoms with E-state index in [9.17, 15) is 27.2 Å². The second-order valence-electron chi connectivity index (χ2n) is 7.73. The molecule has 0 N–H and O–H groups in total. The maximum atomic E-state index is 13.5. The predicted octanol–water partition coefficient (Wildman–Crippen LogP) is 4.73. The molecule has 0 fully saturated rings. The lowest BCUT2D eigenvalue weighted by molar-refractivity contribution is -0.149. The third kappa shape index (κ3) is 7.11. The van der Waals surface area contributed by atoms with Crippen molar-refractivity contribution in [2.75, 3.05) is 13.2 Å². The van der Waals surface area contributed by atoms with Crippen LogP contribution in [0.4, 0.5) is 17.6 Å². The van der Waals surface area contributed by atoms with Gasteiger partial charge < -0.3 is 14.2 Å². The first-order valence-electron chi connectivity index (χ1n) is 10.8. The van der Waals surface area contributed by atoms with E-state index in [2.05, 4.69) is 10.1 Å². The van der Waals surface area contributed by atoms with E-state index in [4.69, 9.17) is 9.26 Å². The van der Waals surface area contributed by atoms with E-state index in [-0.39, 0.29) is 50.1 Å². The monoisotopic (exact) mass is 493 g/mol.